The second kappa shape index (κ2) is 12.2. The lowest BCUT2D eigenvalue weighted by Crippen LogP contribution is -2.00. The topological polar surface area (TPSA) is 30.2 Å². The summed E-state index contributed by atoms with van der Waals surface area (Å²) >= 11 is 0. The molecule has 3 aromatic heterocycles. The molecule has 0 amide bonds. The number of nitrogens with zero attached hydrogens (tertiary/aromatic N) is 3. The molecule has 0 N–H and O–H groups in total. The first-order valence-corrected chi connectivity index (χ1v) is 16.6. The van der Waals surface area contributed by atoms with Gasteiger partial charge < -0.3 is 0 Å². The van der Waals surface area contributed by atoms with Gasteiger partial charge in [0.2, 0.25) is 0 Å². The molecule has 0 aliphatic rings. The lowest BCUT2D eigenvalue weighted by Gasteiger charge is -2.18. The van der Waals surface area contributed by atoms with Gasteiger partial charge >= 0.3 is 0 Å². The fourth-order valence-electron chi connectivity index (χ4n) is 6.94. The van der Waals surface area contributed by atoms with Crippen LogP contribution in [0.1, 0.15) is 0 Å². The third-order valence-electron chi connectivity index (χ3n) is 9.27. The zero-order valence-corrected chi connectivity index (χ0v) is 26.7. The van der Waals surface area contributed by atoms with Crippen molar-refractivity contribution in [3.63, 3.8) is 0 Å². The quantitative estimate of drug-likeness (QED) is 0.184. The van der Waals surface area contributed by atoms with Crippen molar-refractivity contribution in [1.29, 1.82) is 0 Å². The molecule has 9 aromatic rings. The Labute approximate surface area is 285 Å². The molecule has 0 radical (unpaired) electrons. The largest absolute Gasteiger partial charge is 0.248 e. The van der Waals surface area contributed by atoms with Crippen molar-refractivity contribution < 1.29 is 0 Å². The van der Waals surface area contributed by atoms with E-state index >= 15 is 0 Å². The highest BCUT2D eigenvalue weighted by Gasteiger charge is 2.21. The minimum atomic E-state index is 0.955. The molecule has 0 aliphatic heterocycles. The first kappa shape index (κ1) is 28.6. The van der Waals surface area contributed by atoms with Crippen LogP contribution in [0.25, 0.3) is 83.4 Å². The molecule has 0 bridgehead atoms. The van der Waals surface area contributed by atoms with E-state index in [1.165, 1.54) is 10.8 Å². The average Bonchev–Trinajstić information content (AvgIpc) is 3.64. The van der Waals surface area contributed by atoms with Crippen molar-refractivity contribution in [3.05, 3.63) is 188 Å². The fourth-order valence-corrected chi connectivity index (χ4v) is 6.94. The number of pyridine rings is 2. The van der Waals surface area contributed by atoms with E-state index in [1.807, 2.05) is 18.3 Å². The number of rotatable bonds is 6. The van der Waals surface area contributed by atoms with Crippen molar-refractivity contribution in [2.24, 2.45) is 0 Å². The van der Waals surface area contributed by atoms with Gasteiger partial charge in [0.05, 0.1) is 28.8 Å². The molecule has 9 rings (SSSR count). The Kier molecular flexibility index (Phi) is 7.14. The van der Waals surface area contributed by atoms with Crippen molar-refractivity contribution >= 4 is 16.3 Å². The third-order valence-corrected chi connectivity index (χ3v) is 9.27. The molecule has 0 aliphatic carbocycles. The first-order valence-electron chi connectivity index (χ1n) is 16.6. The van der Waals surface area contributed by atoms with Gasteiger partial charge in [0, 0.05) is 33.2 Å². The van der Waals surface area contributed by atoms with E-state index in [0.717, 1.165) is 72.7 Å². The summed E-state index contributed by atoms with van der Waals surface area (Å²) in [6.45, 7) is 0. The van der Waals surface area contributed by atoms with Gasteiger partial charge in [0.25, 0.3) is 0 Å². The zero-order valence-electron chi connectivity index (χ0n) is 26.7. The molecule has 0 spiro atoms. The van der Waals surface area contributed by atoms with Crippen LogP contribution in [-0.4, -0.2) is 14.6 Å². The van der Waals surface area contributed by atoms with Crippen LogP contribution in [0.15, 0.2) is 188 Å². The van der Waals surface area contributed by atoms with Gasteiger partial charge in [-0.15, -0.1) is 0 Å². The lowest BCUT2D eigenvalue weighted by atomic mass is 9.91. The van der Waals surface area contributed by atoms with Crippen LogP contribution in [0.2, 0.25) is 0 Å². The van der Waals surface area contributed by atoms with Gasteiger partial charge in [-0.3, -0.25) is 0 Å². The van der Waals surface area contributed by atoms with E-state index in [-0.39, 0.29) is 0 Å². The number of benzene rings is 6. The molecule has 6 aromatic carbocycles. The van der Waals surface area contributed by atoms with Crippen LogP contribution >= 0.6 is 0 Å². The molecule has 3 heteroatoms. The van der Waals surface area contributed by atoms with Gasteiger partial charge in [-0.25, -0.2) is 9.50 Å². The van der Waals surface area contributed by atoms with Gasteiger partial charge in [-0.1, -0.05) is 170 Å². The van der Waals surface area contributed by atoms with E-state index in [0.29, 0.717) is 0 Å². The zero-order chi connectivity index (χ0) is 32.6. The molecule has 0 saturated heterocycles. The third kappa shape index (κ3) is 5.18. The Morgan fingerprint density at radius 3 is 1.41 bits per heavy atom. The van der Waals surface area contributed by atoms with E-state index in [2.05, 4.69) is 174 Å². The van der Waals surface area contributed by atoms with Gasteiger partial charge in [0.15, 0.2) is 0 Å². The van der Waals surface area contributed by atoms with Crippen LogP contribution in [0.4, 0.5) is 0 Å². The summed E-state index contributed by atoms with van der Waals surface area (Å²) in [5.74, 6) is 0. The highest BCUT2D eigenvalue weighted by molar-refractivity contribution is 6.13. The van der Waals surface area contributed by atoms with Gasteiger partial charge in [-0.05, 0) is 39.8 Å². The van der Waals surface area contributed by atoms with E-state index in [4.69, 9.17) is 10.1 Å². The van der Waals surface area contributed by atoms with Crippen LogP contribution in [0.3, 0.4) is 0 Å². The molecule has 3 nitrogen and oxygen atoms in total. The van der Waals surface area contributed by atoms with Crippen LogP contribution in [0.5, 0.6) is 0 Å². The summed E-state index contributed by atoms with van der Waals surface area (Å²) in [7, 11) is 0. The molecule has 49 heavy (non-hydrogen) atoms. The Hall–Kier alpha value is -6.58. The number of hydrogen-bond donors (Lipinski definition) is 0. The smallest absolute Gasteiger partial charge is 0.0826 e. The van der Waals surface area contributed by atoms with Crippen LogP contribution in [-0.2, 0) is 0 Å². The predicted molar refractivity (Wildman–Crippen MR) is 203 cm³/mol. The summed E-state index contributed by atoms with van der Waals surface area (Å²) in [6, 6.07) is 64.1. The molecule has 230 valence electrons. The summed E-state index contributed by atoms with van der Waals surface area (Å²) in [6.07, 6.45) is 2.01. The fraction of sp³-hybridized carbons (Fsp3) is 0. The summed E-state index contributed by atoms with van der Waals surface area (Å²) < 4.78 is 2.14. The van der Waals surface area contributed by atoms with E-state index < -0.39 is 0 Å². The maximum absolute atomic E-state index is 5.09. The normalized spacial score (nSPS) is 11.3. The maximum Gasteiger partial charge on any atom is 0.0826 e. The number of hydrogen-bond acceptors (Lipinski definition) is 2. The Bertz CT molecular complexity index is 2500. The molecule has 0 atom stereocenters. The summed E-state index contributed by atoms with van der Waals surface area (Å²) in [5, 5.41) is 7.43. The highest BCUT2D eigenvalue weighted by Crippen LogP contribution is 2.43. The summed E-state index contributed by atoms with van der Waals surface area (Å²) in [5.41, 5.74) is 14.2. The lowest BCUT2D eigenvalue weighted by molar-refractivity contribution is 0.976. The van der Waals surface area contributed by atoms with Crippen molar-refractivity contribution in [3.8, 4) is 67.2 Å². The second-order valence-electron chi connectivity index (χ2n) is 12.3. The van der Waals surface area contributed by atoms with Crippen LogP contribution in [0, 0.1) is 0 Å². The Balaban J connectivity index is 1.25. The highest BCUT2D eigenvalue weighted by atomic mass is 15.2. The monoisotopic (exact) mass is 625 g/mol. The average molecular weight is 626 g/mol. The minimum Gasteiger partial charge on any atom is -0.248 e. The van der Waals surface area contributed by atoms with Crippen LogP contribution < -0.4 is 0 Å². The second-order valence-corrected chi connectivity index (χ2v) is 12.3. The number of fused-ring (bicyclic) bond motifs is 3. The molecule has 0 saturated carbocycles. The van der Waals surface area contributed by atoms with Crippen molar-refractivity contribution in [1.82, 2.24) is 14.6 Å². The predicted octanol–water partition coefficient (Wildman–Crippen LogP) is 11.9. The molecule has 3 heterocycles. The standard InChI is InChI=1S/C46H31N3/c1-5-15-33(16-6-1)41-31-47-49-45(37-21-11-4-12-22-37)44(39-23-13-14-24-40(39)46(41)49)36-27-25-32(26-28-36)38-29-42(34-17-7-2-8-18-34)48-43(30-38)35-19-9-3-10-20-35/h1-31H. The SMILES string of the molecule is c1ccc(-c2cc(-c3ccc(-c4c(-c5ccccc5)n5ncc(-c6ccccc6)c5c5ccccc45)cc3)cc(-c3ccccc3)n2)cc1. The summed E-state index contributed by atoms with van der Waals surface area (Å²) in [4.78, 5) is 5.09. The molecular formula is C46H31N3. The van der Waals surface area contributed by atoms with Gasteiger partial charge in [0.1, 0.15) is 0 Å². The van der Waals surface area contributed by atoms with Gasteiger partial charge in [-0.2, -0.15) is 5.10 Å². The maximum atomic E-state index is 5.09. The molecular weight excluding hydrogens is 595 g/mol. The van der Waals surface area contributed by atoms with Crippen molar-refractivity contribution in [2.45, 2.75) is 0 Å². The minimum absolute atomic E-state index is 0.955. The Morgan fingerprint density at radius 1 is 0.367 bits per heavy atom. The molecule has 0 fully saturated rings. The first-order chi connectivity index (χ1) is 24.3. The van der Waals surface area contributed by atoms with E-state index in [1.54, 1.807) is 0 Å². The van der Waals surface area contributed by atoms with Crippen molar-refractivity contribution in [2.75, 3.05) is 0 Å². The Morgan fingerprint density at radius 2 is 0.837 bits per heavy atom. The van der Waals surface area contributed by atoms with E-state index in [9.17, 15) is 0 Å². The number of aromatic nitrogens is 3. The molecule has 0 unspecified atom stereocenters.